The topological polar surface area (TPSA) is 84.9 Å². The smallest absolute Gasteiger partial charge is 0.294 e. The van der Waals surface area contributed by atoms with Crippen LogP contribution in [0.25, 0.3) is 6.08 Å². The van der Waals surface area contributed by atoms with Gasteiger partial charge in [0.1, 0.15) is 13.2 Å². The number of methoxy groups -OCH3 is 1. The van der Waals surface area contributed by atoms with Crippen LogP contribution in [-0.2, 0) is 16.2 Å². The van der Waals surface area contributed by atoms with Gasteiger partial charge in [0.15, 0.2) is 11.5 Å². The predicted molar refractivity (Wildman–Crippen MR) is 154 cm³/mol. The van der Waals surface area contributed by atoms with E-state index in [2.05, 4.69) is 27.9 Å². The van der Waals surface area contributed by atoms with Gasteiger partial charge in [0.2, 0.25) is 5.91 Å². The quantitative estimate of drug-likeness (QED) is 0.237. The Morgan fingerprint density at radius 1 is 1.00 bits per heavy atom. The van der Waals surface area contributed by atoms with Gasteiger partial charge < -0.3 is 14.8 Å². The number of imide groups is 1. The third-order valence-electron chi connectivity index (χ3n) is 5.47. The van der Waals surface area contributed by atoms with Gasteiger partial charge in [-0.15, -0.1) is 0 Å². The molecular weight excluding hydrogens is 603 g/mol. The Kier molecular flexibility index (Phi) is 8.55. The van der Waals surface area contributed by atoms with Crippen molar-refractivity contribution in [2.45, 2.75) is 20.5 Å². The normalized spacial score (nSPS) is 14.3. The Balaban J connectivity index is 1.42. The van der Waals surface area contributed by atoms with Gasteiger partial charge in [0, 0.05) is 9.26 Å². The Hall–Kier alpha value is -3.31. The van der Waals surface area contributed by atoms with Crippen molar-refractivity contribution in [3.05, 3.63) is 91.4 Å². The second-order valence-corrected chi connectivity index (χ2v) is 10.8. The number of nitrogens with zero attached hydrogens (tertiary/aromatic N) is 1. The lowest BCUT2D eigenvalue weighted by Gasteiger charge is -2.13. The van der Waals surface area contributed by atoms with Gasteiger partial charge in [-0.05, 0) is 113 Å². The van der Waals surface area contributed by atoms with Crippen molar-refractivity contribution in [2.24, 2.45) is 0 Å². The van der Waals surface area contributed by atoms with Gasteiger partial charge in [-0.25, -0.2) is 0 Å². The van der Waals surface area contributed by atoms with Crippen LogP contribution in [0.3, 0.4) is 0 Å². The number of ether oxygens (including phenoxy) is 2. The molecule has 1 heterocycles. The van der Waals surface area contributed by atoms with E-state index in [0.29, 0.717) is 29.4 Å². The molecule has 0 radical (unpaired) electrons. The lowest BCUT2D eigenvalue weighted by Crippen LogP contribution is -2.36. The molecule has 0 atom stereocenters. The number of carbonyl (C=O) groups excluding carboxylic acids is 3. The number of halogens is 1. The van der Waals surface area contributed by atoms with Gasteiger partial charge in [-0.1, -0.05) is 24.3 Å². The highest BCUT2D eigenvalue weighted by Crippen LogP contribution is 2.35. The minimum absolute atomic E-state index is 0.235. The van der Waals surface area contributed by atoms with Crippen molar-refractivity contribution in [1.82, 2.24) is 4.90 Å². The van der Waals surface area contributed by atoms with Crippen LogP contribution >= 0.6 is 34.4 Å². The van der Waals surface area contributed by atoms with E-state index in [-0.39, 0.29) is 11.4 Å². The summed E-state index contributed by atoms with van der Waals surface area (Å²) in [5.41, 5.74) is 4.34. The molecule has 1 fully saturated rings. The first-order chi connectivity index (χ1) is 17.7. The van der Waals surface area contributed by atoms with Crippen molar-refractivity contribution >= 4 is 63.2 Å². The molecule has 4 rings (SSSR count). The largest absolute Gasteiger partial charge is 0.493 e. The maximum Gasteiger partial charge on any atom is 0.294 e. The van der Waals surface area contributed by atoms with E-state index in [1.165, 1.54) is 0 Å². The van der Waals surface area contributed by atoms with Gasteiger partial charge in [0.05, 0.1) is 12.0 Å². The fourth-order valence-electron chi connectivity index (χ4n) is 3.81. The zero-order valence-electron chi connectivity index (χ0n) is 20.5. The molecule has 3 aromatic rings. The molecule has 7 nitrogen and oxygen atoms in total. The molecule has 0 saturated carbocycles. The van der Waals surface area contributed by atoms with Crippen LogP contribution in [0.5, 0.6) is 11.5 Å². The average Bonchev–Trinajstić information content (AvgIpc) is 3.10. The maximum atomic E-state index is 12.9. The van der Waals surface area contributed by atoms with E-state index in [9.17, 15) is 14.4 Å². The third-order valence-corrected chi connectivity index (χ3v) is 7.10. The Morgan fingerprint density at radius 3 is 2.38 bits per heavy atom. The first kappa shape index (κ1) is 26.7. The maximum absolute atomic E-state index is 12.9. The number of amides is 3. The summed E-state index contributed by atoms with van der Waals surface area (Å²) in [6.07, 6.45) is 1.61. The highest BCUT2D eigenvalue weighted by Gasteiger charge is 2.36. The minimum atomic E-state index is -0.511. The fraction of sp³-hybridized carbons (Fsp3) is 0.179. The summed E-state index contributed by atoms with van der Waals surface area (Å²) in [5.74, 6) is 0.120. The van der Waals surface area contributed by atoms with Gasteiger partial charge in [-0.3, -0.25) is 19.3 Å². The van der Waals surface area contributed by atoms with Crippen molar-refractivity contribution in [3.63, 3.8) is 0 Å². The van der Waals surface area contributed by atoms with Gasteiger partial charge >= 0.3 is 0 Å². The SMILES string of the molecule is COc1cc(/C=C2\SC(=O)N(CC(=O)Nc3cc(C)cc(C)c3)C2=O)ccc1OCc1ccc(I)cc1. The summed E-state index contributed by atoms with van der Waals surface area (Å²) >= 11 is 3.05. The van der Waals surface area contributed by atoms with E-state index in [1.807, 2.05) is 56.3 Å². The monoisotopic (exact) mass is 628 g/mol. The first-order valence-corrected chi connectivity index (χ1v) is 13.3. The van der Waals surface area contributed by atoms with Crippen LogP contribution in [0.15, 0.2) is 65.6 Å². The van der Waals surface area contributed by atoms with Crippen molar-refractivity contribution in [1.29, 1.82) is 0 Å². The summed E-state index contributed by atoms with van der Waals surface area (Å²) in [5, 5.41) is 2.27. The summed E-state index contributed by atoms with van der Waals surface area (Å²) < 4.78 is 12.5. The molecule has 9 heteroatoms. The molecule has 1 saturated heterocycles. The zero-order chi connectivity index (χ0) is 26.5. The van der Waals surface area contributed by atoms with Crippen molar-refractivity contribution < 1.29 is 23.9 Å². The van der Waals surface area contributed by atoms with Gasteiger partial charge in [0.25, 0.3) is 11.1 Å². The molecule has 0 aromatic heterocycles. The van der Waals surface area contributed by atoms with Crippen LogP contribution in [0.2, 0.25) is 0 Å². The lowest BCUT2D eigenvalue weighted by atomic mass is 10.1. The lowest BCUT2D eigenvalue weighted by molar-refractivity contribution is -0.127. The number of anilines is 1. The molecule has 1 aliphatic heterocycles. The van der Waals surface area contributed by atoms with E-state index >= 15 is 0 Å². The standard InChI is InChI=1S/C28H25IN2O5S/c1-17-10-18(2)12-22(11-17)30-26(32)15-31-27(33)25(37-28(31)34)14-20-6-9-23(24(13-20)35-3)36-16-19-4-7-21(29)8-5-19/h4-14H,15-16H2,1-3H3,(H,30,32)/b25-14-. The second-order valence-electron chi connectivity index (χ2n) is 8.52. The molecule has 0 unspecified atom stereocenters. The number of benzene rings is 3. The number of carbonyl (C=O) groups is 3. The van der Waals surface area contributed by atoms with Gasteiger partial charge in [-0.2, -0.15) is 0 Å². The third kappa shape index (κ3) is 6.92. The van der Waals surface area contributed by atoms with Crippen LogP contribution < -0.4 is 14.8 Å². The molecular formula is C28H25IN2O5S. The van der Waals surface area contributed by atoms with Crippen LogP contribution in [0.4, 0.5) is 10.5 Å². The number of rotatable bonds is 8. The molecule has 0 spiro atoms. The van der Waals surface area contributed by atoms with E-state index in [1.54, 1.807) is 31.4 Å². The van der Waals surface area contributed by atoms with E-state index in [0.717, 1.165) is 36.9 Å². The van der Waals surface area contributed by atoms with E-state index < -0.39 is 17.1 Å². The number of nitrogens with one attached hydrogen (secondary N) is 1. The molecule has 3 amide bonds. The summed E-state index contributed by atoms with van der Waals surface area (Å²) in [7, 11) is 1.54. The average molecular weight is 628 g/mol. The van der Waals surface area contributed by atoms with Crippen LogP contribution in [-0.4, -0.2) is 35.6 Å². The predicted octanol–water partition coefficient (Wildman–Crippen LogP) is 6.17. The molecule has 0 bridgehead atoms. The highest BCUT2D eigenvalue weighted by molar-refractivity contribution is 14.1. The Labute approximate surface area is 233 Å². The van der Waals surface area contributed by atoms with Crippen molar-refractivity contribution in [3.8, 4) is 11.5 Å². The zero-order valence-corrected chi connectivity index (χ0v) is 23.5. The minimum Gasteiger partial charge on any atom is -0.493 e. The molecule has 0 aliphatic carbocycles. The molecule has 1 N–H and O–H groups in total. The highest BCUT2D eigenvalue weighted by atomic mass is 127. The number of aryl methyl sites for hydroxylation is 2. The summed E-state index contributed by atoms with van der Waals surface area (Å²) in [6.45, 7) is 3.89. The molecule has 190 valence electrons. The molecule has 1 aliphatic rings. The first-order valence-electron chi connectivity index (χ1n) is 11.4. The molecule has 37 heavy (non-hydrogen) atoms. The summed E-state index contributed by atoms with van der Waals surface area (Å²) in [4.78, 5) is 39.1. The van der Waals surface area contributed by atoms with Crippen LogP contribution in [0.1, 0.15) is 22.3 Å². The fourth-order valence-corrected chi connectivity index (χ4v) is 5.01. The molecule has 3 aromatic carbocycles. The van der Waals surface area contributed by atoms with Crippen LogP contribution in [0, 0.1) is 17.4 Å². The Bertz CT molecular complexity index is 1370. The number of hydrogen-bond acceptors (Lipinski definition) is 6. The van der Waals surface area contributed by atoms with E-state index in [4.69, 9.17) is 9.47 Å². The second kappa shape index (κ2) is 11.8. The Morgan fingerprint density at radius 2 is 1.70 bits per heavy atom. The van der Waals surface area contributed by atoms with Crippen molar-refractivity contribution in [2.75, 3.05) is 19.0 Å². The number of hydrogen-bond donors (Lipinski definition) is 1. The number of thioether (sulfide) groups is 1. The summed E-state index contributed by atoms with van der Waals surface area (Å²) in [6, 6.07) is 19.0.